The summed E-state index contributed by atoms with van der Waals surface area (Å²) < 4.78 is 40.5. The van der Waals surface area contributed by atoms with Gasteiger partial charge < -0.3 is 4.90 Å². The minimum absolute atomic E-state index is 0.0401. The van der Waals surface area contributed by atoms with Crippen LogP contribution in [0.1, 0.15) is 50.8 Å². The Morgan fingerprint density at radius 2 is 1.69 bits per heavy atom. The number of alkyl halides is 3. The van der Waals surface area contributed by atoms with Crippen LogP contribution in [-0.2, 0) is 13.2 Å². The largest absolute Gasteiger partial charge is 0.416 e. The second-order valence-electron chi connectivity index (χ2n) is 9.05. The van der Waals surface area contributed by atoms with Crippen molar-refractivity contribution in [1.82, 2.24) is 19.4 Å². The number of piperazine rings is 1. The molecule has 3 aromatic rings. The van der Waals surface area contributed by atoms with Crippen molar-refractivity contribution in [3.8, 4) is 0 Å². The highest BCUT2D eigenvalue weighted by molar-refractivity contribution is 6.29. The minimum Gasteiger partial charge on any atom is -0.349 e. The third kappa shape index (κ3) is 4.89. The molecule has 1 aromatic carbocycles. The molecule has 0 saturated carbocycles. The molecule has 3 atom stereocenters. The van der Waals surface area contributed by atoms with Crippen LogP contribution in [0.15, 0.2) is 41.2 Å². The Kier molecular flexibility index (Phi) is 7.11. The molecule has 0 amide bonds. The second kappa shape index (κ2) is 9.78. The zero-order chi connectivity index (χ0) is 25.5. The fourth-order valence-electron chi connectivity index (χ4n) is 4.95. The van der Waals surface area contributed by atoms with Crippen LogP contribution in [0.25, 0.3) is 11.0 Å². The zero-order valence-corrected chi connectivity index (χ0v) is 20.9. The number of hydrogen-bond donors (Lipinski definition) is 0. The molecule has 3 heterocycles. The first-order valence-electron chi connectivity index (χ1n) is 11.8. The average Bonchev–Trinajstić information content (AvgIpc) is 2.84. The van der Waals surface area contributed by atoms with Gasteiger partial charge in [0.15, 0.2) is 5.82 Å². The summed E-state index contributed by atoms with van der Waals surface area (Å²) in [7, 11) is 1.66. The maximum absolute atomic E-state index is 13.0. The van der Waals surface area contributed by atoms with Crippen LogP contribution < -0.4 is 10.6 Å². The number of pyridine rings is 1. The number of aryl methyl sites for hydroxylation is 1. The van der Waals surface area contributed by atoms with Crippen LogP contribution in [0.5, 0.6) is 0 Å². The molecule has 0 N–H and O–H groups in total. The van der Waals surface area contributed by atoms with E-state index in [0.717, 1.165) is 30.5 Å². The van der Waals surface area contributed by atoms with Crippen LogP contribution in [0.4, 0.5) is 19.0 Å². The Hall–Kier alpha value is -2.65. The van der Waals surface area contributed by atoms with Crippen molar-refractivity contribution in [3.05, 3.63) is 63.2 Å². The summed E-state index contributed by atoms with van der Waals surface area (Å²) >= 11 is 6.20. The minimum atomic E-state index is -4.36. The van der Waals surface area contributed by atoms with E-state index in [1.54, 1.807) is 31.3 Å². The Morgan fingerprint density at radius 1 is 1.03 bits per heavy atom. The molecule has 1 aliphatic rings. The highest BCUT2D eigenvalue weighted by Crippen LogP contribution is 2.35. The molecular weight excluding hydrogens is 479 g/mol. The maximum atomic E-state index is 13.0. The van der Waals surface area contributed by atoms with Crippen molar-refractivity contribution in [2.45, 2.75) is 57.9 Å². The van der Waals surface area contributed by atoms with E-state index in [4.69, 9.17) is 11.6 Å². The molecule has 35 heavy (non-hydrogen) atoms. The van der Waals surface area contributed by atoms with Gasteiger partial charge in [0.05, 0.1) is 11.1 Å². The molecule has 0 bridgehead atoms. The molecule has 0 radical (unpaired) electrons. The van der Waals surface area contributed by atoms with Crippen molar-refractivity contribution in [2.75, 3.05) is 18.0 Å². The molecular formula is C25H29ClF3N5O. The van der Waals surface area contributed by atoms with E-state index in [0.29, 0.717) is 35.1 Å². The fraction of sp³-hybridized carbons (Fsp3) is 0.480. The predicted octanol–water partition coefficient (Wildman–Crippen LogP) is 5.44. The van der Waals surface area contributed by atoms with Crippen LogP contribution in [-0.4, -0.2) is 44.6 Å². The smallest absolute Gasteiger partial charge is 0.349 e. The van der Waals surface area contributed by atoms with Gasteiger partial charge in [-0.25, -0.2) is 9.78 Å². The van der Waals surface area contributed by atoms with Crippen molar-refractivity contribution in [2.24, 2.45) is 7.05 Å². The van der Waals surface area contributed by atoms with Gasteiger partial charge in [-0.15, -0.1) is 0 Å². The normalized spacial score (nSPS) is 20.4. The van der Waals surface area contributed by atoms with Crippen LogP contribution in [0, 0.1) is 0 Å². The molecule has 10 heteroatoms. The number of benzene rings is 1. The van der Waals surface area contributed by atoms with Crippen molar-refractivity contribution in [3.63, 3.8) is 0 Å². The van der Waals surface area contributed by atoms with Gasteiger partial charge >= 0.3 is 11.9 Å². The Bertz CT molecular complexity index is 1260. The van der Waals surface area contributed by atoms with Crippen LogP contribution in [0.2, 0.25) is 5.15 Å². The average molecular weight is 508 g/mol. The predicted molar refractivity (Wildman–Crippen MR) is 132 cm³/mol. The molecule has 1 saturated heterocycles. The van der Waals surface area contributed by atoms with Crippen molar-refractivity contribution < 1.29 is 13.2 Å². The Labute approximate surface area is 207 Å². The molecule has 1 fully saturated rings. The van der Waals surface area contributed by atoms with E-state index in [2.05, 4.69) is 33.6 Å². The van der Waals surface area contributed by atoms with Gasteiger partial charge in [-0.2, -0.15) is 18.2 Å². The van der Waals surface area contributed by atoms with Gasteiger partial charge in [0.25, 0.3) is 0 Å². The quantitative estimate of drug-likeness (QED) is 0.430. The lowest BCUT2D eigenvalue weighted by Crippen LogP contribution is -2.59. The van der Waals surface area contributed by atoms with Crippen molar-refractivity contribution >= 4 is 28.5 Å². The number of anilines is 1. The third-order valence-corrected chi connectivity index (χ3v) is 7.28. The summed E-state index contributed by atoms with van der Waals surface area (Å²) in [5.74, 6) is 0.526. The number of fused-ring (bicyclic) bond motifs is 1. The molecule has 188 valence electrons. The number of rotatable bonds is 5. The summed E-state index contributed by atoms with van der Waals surface area (Å²) in [5.41, 5.74) is 1.07. The highest BCUT2D eigenvalue weighted by Gasteiger charge is 2.37. The topological polar surface area (TPSA) is 54.3 Å². The second-order valence-corrected chi connectivity index (χ2v) is 9.43. The van der Waals surface area contributed by atoms with Crippen LogP contribution in [0.3, 0.4) is 0 Å². The number of aromatic nitrogens is 3. The van der Waals surface area contributed by atoms with Gasteiger partial charge in [0.2, 0.25) is 0 Å². The first-order valence-corrected chi connectivity index (χ1v) is 12.2. The van der Waals surface area contributed by atoms with Gasteiger partial charge in [0, 0.05) is 38.3 Å². The zero-order valence-electron chi connectivity index (χ0n) is 20.2. The van der Waals surface area contributed by atoms with E-state index in [9.17, 15) is 18.0 Å². The van der Waals surface area contributed by atoms with E-state index in [1.165, 1.54) is 4.57 Å². The standard InChI is InChI=1S/C25H29ClF3N5O/c1-5-18-14-34(23-22-20(11-12-21(26)30-22)32(4)24(35)31-23)19(6-2)13-33(18)15(3)16-7-9-17(10-8-16)25(27,28)29/h7-12,15,18-19H,5-6,13-14H2,1-4H3/t15?,18?,19-/m0/s1. The van der Waals surface area contributed by atoms with Crippen molar-refractivity contribution in [1.29, 1.82) is 0 Å². The summed E-state index contributed by atoms with van der Waals surface area (Å²) in [6, 6.07) is 8.93. The molecule has 6 nitrogen and oxygen atoms in total. The Morgan fingerprint density at radius 3 is 2.29 bits per heavy atom. The van der Waals surface area contributed by atoms with E-state index in [-0.39, 0.29) is 23.8 Å². The fourth-order valence-corrected chi connectivity index (χ4v) is 5.09. The SMILES string of the molecule is CCC1CN(c2nc(=O)n(C)c3ccc(Cl)nc23)[C@@H](CC)CN1C(C)c1ccc(C(F)(F)F)cc1. The van der Waals surface area contributed by atoms with Gasteiger partial charge in [0.1, 0.15) is 10.7 Å². The molecule has 2 aromatic heterocycles. The van der Waals surface area contributed by atoms with E-state index < -0.39 is 11.7 Å². The number of halogens is 4. The Balaban J connectivity index is 1.69. The summed E-state index contributed by atoms with van der Waals surface area (Å²) in [4.78, 5) is 26.0. The van der Waals surface area contributed by atoms with E-state index >= 15 is 0 Å². The first kappa shape index (κ1) is 25.4. The molecule has 0 aliphatic carbocycles. The molecule has 0 spiro atoms. The lowest BCUT2D eigenvalue weighted by Gasteiger charge is -2.49. The number of nitrogens with zero attached hydrogens (tertiary/aromatic N) is 5. The van der Waals surface area contributed by atoms with Crippen LogP contribution >= 0.6 is 11.6 Å². The summed E-state index contributed by atoms with van der Waals surface area (Å²) in [6.45, 7) is 7.49. The molecule has 1 aliphatic heterocycles. The van der Waals surface area contributed by atoms with E-state index in [1.807, 2.05) is 6.92 Å². The lowest BCUT2D eigenvalue weighted by molar-refractivity contribution is -0.137. The number of hydrogen-bond acceptors (Lipinski definition) is 5. The summed E-state index contributed by atoms with van der Waals surface area (Å²) in [5, 5.41) is 0.328. The highest BCUT2D eigenvalue weighted by atomic mass is 35.5. The third-order valence-electron chi connectivity index (χ3n) is 7.07. The monoisotopic (exact) mass is 507 g/mol. The van der Waals surface area contributed by atoms with Gasteiger partial charge in [-0.05, 0) is 49.6 Å². The molecule has 4 rings (SSSR count). The lowest BCUT2D eigenvalue weighted by atomic mass is 9.96. The first-order chi connectivity index (χ1) is 16.5. The maximum Gasteiger partial charge on any atom is 0.416 e. The van der Waals surface area contributed by atoms with Gasteiger partial charge in [-0.3, -0.25) is 9.47 Å². The molecule has 2 unspecified atom stereocenters. The summed E-state index contributed by atoms with van der Waals surface area (Å²) in [6.07, 6.45) is -2.73. The van der Waals surface area contributed by atoms with Gasteiger partial charge in [-0.1, -0.05) is 37.6 Å².